The Bertz CT molecular complexity index is 326. The molecule has 4 heteroatoms. The van der Waals surface area contributed by atoms with Crippen LogP contribution in [-0.2, 0) is 4.74 Å². The third-order valence-electron chi connectivity index (χ3n) is 2.29. The second-order valence-electron chi connectivity index (χ2n) is 3.26. The molecule has 1 amide bonds. The molecule has 14 heavy (non-hydrogen) atoms. The van der Waals surface area contributed by atoms with Crippen molar-refractivity contribution in [3.05, 3.63) is 35.9 Å². The van der Waals surface area contributed by atoms with Crippen LogP contribution in [0.3, 0.4) is 0 Å². The lowest BCUT2D eigenvalue weighted by molar-refractivity contribution is 0.126. The first kappa shape index (κ1) is 9.02. The highest BCUT2D eigenvalue weighted by Gasteiger charge is 2.28. The molecule has 4 nitrogen and oxygen atoms in total. The monoisotopic (exact) mass is 192 g/mol. The minimum atomic E-state index is -0.388. The maximum atomic E-state index is 10.8. The number of nitrogens with two attached hydrogens (primary N) is 1. The molecule has 2 rings (SSSR count). The molecule has 1 aliphatic heterocycles. The Kier molecular flexibility index (Phi) is 2.37. The summed E-state index contributed by atoms with van der Waals surface area (Å²) in [5.74, 6) is 0. The maximum absolute atomic E-state index is 10.8. The first-order chi connectivity index (χ1) is 6.77. The summed E-state index contributed by atoms with van der Waals surface area (Å²) in [4.78, 5) is 10.8. The first-order valence-corrected chi connectivity index (χ1v) is 4.52. The lowest BCUT2D eigenvalue weighted by Crippen LogP contribution is -2.29. The predicted octanol–water partition coefficient (Wildman–Crippen LogP) is 0.795. The van der Waals surface area contributed by atoms with Crippen LogP contribution in [0.1, 0.15) is 11.6 Å². The average Bonchev–Trinajstić information content (AvgIpc) is 2.65. The van der Waals surface area contributed by atoms with Gasteiger partial charge in [-0.05, 0) is 5.56 Å². The number of carbonyl (C=O) groups is 1. The van der Waals surface area contributed by atoms with Gasteiger partial charge in [-0.2, -0.15) is 0 Å². The number of nitrogens with one attached hydrogen (secondary N) is 1. The second-order valence-corrected chi connectivity index (χ2v) is 3.26. The van der Waals surface area contributed by atoms with E-state index in [0.29, 0.717) is 6.54 Å². The number of hydrogen-bond acceptors (Lipinski definition) is 3. The zero-order valence-electron chi connectivity index (χ0n) is 7.64. The summed E-state index contributed by atoms with van der Waals surface area (Å²) in [6.07, 6.45) is -0.647. The van der Waals surface area contributed by atoms with Crippen molar-refractivity contribution >= 4 is 6.09 Å². The van der Waals surface area contributed by atoms with Crippen molar-refractivity contribution in [2.75, 3.05) is 6.54 Å². The normalized spacial score (nSPS) is 22.6. The van der Waals surface area contributed by atoms with Crippen molar-refractivity contribution in [3.63, 3.8) is 0 Å². The summed E-state index contributed by atoms with van der Waals surface area (Å²) in [7, 11) is 0. The third-order valence-corrected chi connectivity index (χ3v) is 2.29. The smallest absolute Gasteiger partial charge is 0.407 e. The SMILES string of the molecule is NC(c1ccccc1)C1CNC(=O)O1. The van der Waals surface area contributed by atoms with Gasteiger partial charge < -0.3 is 15.8 Å². The summed E-state index contributed by atoms with van der Waals surface area (Å²) < 4.78 is 5.00. The van der Waals surface area contributed by atoms with E-state index in [9.17, 15) is 4.79 Å². The van der Waals surface area contributed by atoms with Gasteiger partial charge in [0.1, 0.15) is 6.10 Å². The number of rotatable bonds is 2. The van der Waals surface area contributed by atoms with Gasteiger partial charge in [0.2, 0.25) is 0 Å². The lowest BCUT2D eigenvalue weighted by atomic mass is 10.0. The van der Waals surface area contributed by atoms with Crippen LogP contribution in [0, 0.1) is 0 Å². The highest BCUT2D eigenvalue weighted by molar-refractivity contribution is 5.69. The van der Waals surface area contributed by atoms with Crippen LogP contribution in [0.15, 0.2) is 30.3 Å². The summed E-state index contributed by atoms with van der Waals surface area (Å²) in [6, 6.07) is 9.36. The first-order valence-electron chi connectivity index (χ1n) is 4.52. The molecule has 1 aromatic carbocycles. The van der Waals surface area contributed by atoms with Crippen LogP contribution >= 0.6 is 0 Å². The van der Waals surface area contributed by atoms with Crippen LogP contribution in [-0.4, -0.2) is 18.7 Å². The van der Waals surface area contributed by atoms with Crippen molar-refractivity contribution in [1.29, 1.82) is 0 Å². The van der Waals surface area contributed by atoms with Gasteiger partial charge in [-0.1, -0.05) is 30.3 Å². The van der Waals surface area contributed by atoms with Gasteiger partial charge in [0, 0.05) is 0 Å². The van der Waals surface area contributed by atoms with Crippen LogP contribution < -0.4 is 11.1 Å². The Morgan fingerprint density at radius 2 is 2.14 bits per heavy atom. The summed E-state index contributed by atoms with van der Waals surface area (Å²) in [5.41, 5.74) is 6.93. The number of carbonyl (C=O) groups excluding carboxylic acids is 1. The Labute approximate surface area is 82.1 Å². The van der Waals surface area contributed by atoms with E-state index in [1.54, 1.807) is 0 Å². The number of ether oxygens (including phenoxy) is 1. The molecule has 0 bridgehead atoms. The van der Waals surface area contributed by atoms with Crippen LogP contribution in [0.2, 0.25) is 0 Å². The topological polar surface area (TPSA) is 64.3 Å². The Balaban J connectivity index is 2.09. The second kappa shape index (κ2) is 3.67. The fraction of sp³-hybridized carbons (Fsp3) is 0.300. The Morgan fingerprint density at radius 3 is 2.71 bits per heavy atom. The molecule has 74 valence electrons. The van der Waals surface area contributed by atoms with Crippen LogP contribution in [0.4, 0.5) is 4.79 Å². The van der Waals surface area contributed by atoms with E-state index in [1.165, 1.54) is 0 Å². The predicted molar refractivity (Wildman–Crippen MR) is 51.6 cm³/mol. The number of alkyl carbamates (subject to hydrolysis) is 1. The standard InChI is InChI=1S/C10H12N2O2/c11-9(7-4-2-1-3-5-7)8-6-12-10(13)14-8/h1-5,8-9H,6,11H2,(H,12,13). The third kappa shape index (κ3) is 1.70. The van der Waals surface area contributed by atoms with E-state index >= 15 is 0 Å². The number of amides is 1. The minimum absolute atomic E-state index is 0.254. The molecule has 1 saturated heterocycles. The molecule has 0 spiro atoms. The van der Waals surface area contributed by atoms with Gasteiger partial charge in [-0.3, -0.25) is 0 Å². The molecule has 0 aromatic heterocycles. The fourth-order valence-electron chi connectivity index (χ4n) is 1.49. The van der Waals surface area contributed by atoms with E-state index < -0.39 is 0 Å². The van der Waals surface area contributed by atoms with E-state index in [1.807, 2.05) is 30.3 Å². The number of benzene rings is 1. The summed E-state index contributed by atoms with van der Waals surface area (Å²) in [6.45, 7) is 0.481. The quantitative estimate of drug-likeness (QED) is 0.728. The van der Waals surface area contributed by atoms with Gasteiger partial charge in [0.05, 0.1) is 12.6 Å². The molecule has 1 fully saturated rings. The van der Waals surface area contributed by atoms with Crippen molar-refractivity contribution < 1.29 is 9.53 Å². The van der Waals surface area contributed by atoms with E-state index in [4.69, 9.17) is 10.5 Å². The van der Waals surface area contributed by atoms with E-state index in [-0.39, 0.29) is 18.2 Å². The fourth-order valence-corrected chi connectivity index (χ4v) is 1.49. The van der Waals surface area contributed by atoms with Gasteiger partial charge in [-0.25, -0.2) is 4.79 Å². The molecule has 3 N–H and O–H groups in total. The summed E-state index contributed by atoms with van der Waals surface area (Å²) in [5, 5.41) is 2.58. The van der Waals surface area contributed by atoms with Crippen molar-refractivity contribution in [2.24, 2.45) is 5.73 Å². The lowest BCUT2D eigenvalue weighted by Gasteiger charge is -2.16. The number of hydrogen-bond donors (Lipinski definition) is 2. The van der Waals surface area contributed by atoms with Crippen molar-refractivity contribution in [1.82, 2.24) is 5.32 Å². The molecule has 0 radical (unpaired) electrons. The minimum Gasteiger partial charge on any atom is -0.442 e. The Hall–Kier alpha value is -1.55. The largest absolute Gasteiger partial charge is 0.442 e. The average molecular weight is 192 g/mol. The number of cyclic esters (lactones) is 1. The van der Waals surface area contributed by atoms with Gasteiger partial charge in [0.25, 0.3) is 0 Å². The maximum Gasteiger partial charge on any atom is 0.407 e. The van der Waals surface area contributed by atoms with Crippen LogP contribution in [0.5, 0.6) is 0 Å². The van der Waals surface area contributed by atoms with Gasteiger partial charge >= 0.3 is 6.09 Å². The van der Waals surface area contributed by atoms with Crippen LogP contribution in [0.25, 0.3) is 0 Å². The van der Waals surface area contributed by atoms with E-state index in [0.717, 1.165) is 5.56 Å². The summed E-state index contributed by atoms with van der Waals surface area (Å²) >= 11 is 0. The molecule has 1 heterocycles. The molecular formula is C10H12N2O2. The highest BCUT2D eigenvalue weighted by atomic mass is 16.6. The van der Waals surface area contributed by atoms with Gasteiger partial charge in [-0.15, -0.1) is 0 Å². The molecule has 1 aromatic rings. The molecular weight excluding hydrogens is 180 g/mol. The molecule has 0 saturated carbocycles. The highest BCUT2D eigenvalue weighted by Crippen LogP contribution is 2.18. The molecule has 0 aliphatic carbocycles. The van der Waals surface area contributed by atoms with Gasteiger partial charge in [0.15, 0.2) is 0 Å². The van der Waals surface area contributed by atoms with Crippen molar-refractivity contribution in [3.8, 4) is 0 Å². The zero-order chi connectivity index (χ0) is 9.97. The molecule has 2 atom stereocenters. The zero-order valence-corrected chi connectivity index (χ0v) is 7.64. The molecule has 1 aliphatic rings. The molecule has 2 unspecified atom stereocenters. The van der Waals surface area contributed by atoms with E-state index in [2.05, 4.69) is 5.32 Å². The van der Waals surface area contributed by atoms with Crippen molar-refractivity contribution in [2.45, 2.75) is 12.1 Å². The Morgan fingerprint density at radius 1 is 1.43 bits per heavy atom.